The first kappa shape index (κ1) is 27.0. The van der Waals surface area contributed by atoms with Gasteiger partial charge in [-0.3, -0.25) is 0 Å². The molecule has 0 bridgehead atoms. The Balaban J connectivity index is 2.39. The van der Waals surface area contributed by atoms with Crippen molar-refractivity contribution in [3.63, 3.8) is 0 Å². The second kappa shape index (κ2) is 10.3. The Kier molecular flexibility index (Phi) is 9.00. The standard InChI is InChI=1S/C3H2N8.6C3H7.2Sn/c1(2-4-8-9-5-2)3-6-10-11-7-3;6*1-3-2;;/h1H2;6*3H,1-2H3;;/q-2;;;;;;;2*+1. The minimum absolute atomic E-state index is 0.493. The minimum atomic E-state index is -2.91. The van der Waals surface area contributed by atoms with Gasteiger partial charge in [-0.25, -0.2) is 0 Å². The van der Waals surface area contributed by atoms with Crippen LogP contribution in [0.4, 0.5) is 0 Å². The molecule has 31 heavy (non-hydrogen) atoms. The van der Waals surface area contributed by atoms with Crippen molar-refractivity contribution in [2.75, 3.05) is 0 Å². The Hall–Kier alpha value is -0.263. The first-order valence-corrected chi connectivity index (χ1v) is 24.3. The van der Waals surface area contributed by atoms with Crippen molar-refractivity contribution in [1.29, 1.82) is 0 Å². The monoisotopic (exact) mass is 648 g/mol. The Labute approximate surface area is 197 Å². The van der Waals surface area contributed by atoms with E-state index < -0.39 is 37.3 Å². The molecule has 0 aliphatic carbocycles. The van der Waals surface area contributed by atoms with Crippen molar-refractivity contribution in [3.05, 3.63) is 11.6 Å². The zero-order valence-electron chi connectivity index (χ0n) is 21.7. The molecule has 10 heteroatoms. The molecule has 2 aromatic rings. The SMILES string of the molecule is C[CH](C)[Sn]([CH](C)C)([CH](C)C)[n]1nnc(Cc2nn[n]([Sn]([CH](C)C)([CH](C)C)[CH](C)C)n2)n1. The predicted octanol–water partition coefficient (Wildman–Crippen LogP) is 5.30. The summed E-state index contributed by atoms with van der Waals surface area (Å²) in [6, 6.07) is 0. The first-order valence-electron chi connectivity index (χ1n) is 11.9. The summed E-state index contributed by atoms with van der Waals surface area (Å²) < 4.78 is 7.67. The van der Waals surface area contributed by atoms with Gasteiger partial charge in [0.05, 0.1) is 0 Å². The van der Waals surface area contributed by atoms with Crippen LogP contribution in [0.25, 0.3) is 0 Å². The molecule has 0 amide bonds. The van der Waals surface area contributed by atoms with Gasteiger partial charge in [0, 0.05) is 0 Å². The topological polar surface area (TPSA) is 87.2 Å². The van der Waals surface area contributed by atoms with Crippen molar-refractivity contribution in [3.8, 4) is 0 Å². The van der Waals surface area contributed by atoms with E-state index in [9.17, 15) is 0 Å². The van der Waals surface area contributed by atoms with Crippen LogP contribution in [0.5, 0.6) is 0 Å². The van der Waals surface area contributed by atoms with E-state index in [2.05, 4.69) is 110 Å². The second-order valence-electron chi connectivity index (χ2n) is 10.9. The average molecular weight is 646 g/mol. The third-order valence-corrected chi connectivity index (χ3v) is 44.2. The molecule has 0 aliphatic rings. The second-order valence-corrected chi connectivity index (χ2v) is 43.1. The molecule has 0 atom stereocenters. The molecule has 0 aromatic carbocycles. The average Bonchev–Trinajstić information content (AvgIpc) is 3.25. The fourth-order valence-electron chi connectivity index (χ4n) is 6.48. The molecule has 0 aliphatic heterocycles. The third-order valence-electron chi connectivity index (χ3n) is 7.47. The zero-order valence-corrected chi connectivity index (χ0v) is 27.5. The summed E-state index contributed by atoms with van der Waals surface area (Å²) in [5.74, 6) is 1.42. The summed E-state index contributed by atoms with van der Waals surface area (Å²) in [4.78, 5) is 0. The van der Waals surface area contributed by atoms with E-state index in [1.54, 1.807) is 0 Å². The molecule has 0 radical (unpaired) electrons. The first-order chi connectivity index (χ1) is 14.3. The van der Waals surface area contributed by atoms with Gasteiger partial charge in [0.2, 0.25) is 0 Å². The number of hydrogen-bond acceptors (Lipinski definition) is 6. The van der Waals surface area contributed by atoms with Crippen LogP contribution in [0.15, 0.2) is 0 Å². The maximum atomic E-state index is 4.91. The van der Waals surface area contributed by atoms with Crippen molar-refractivity contribution in [2.45, 2.75) is 113 Å². The summed E-state index contributed by atoms with van der Waals surface area (Å²) in [5, 5.41) is 27.9. The van der Waals surface area contributed by atoms with Gasteiger partial charge < -0.3 is 0 Å². The van der Waals surface area contributed by atoms with E-state index in [1.807, 2.05) is 0 Å². The molecular weight excluding hydrogens is 602 g/mol. The summed E-state index contributed by atoms with van der Waals surface area (Å²) in [6.07, 6.45) is 0.493. The van der Waals surface area contributed by atoms with Crippen LogP contribution >= 0.6 is 0 Å². The Morgan fingerprint density at radius 3 is 1.00 bits per heavy atom. The quantitative estimate of drug-likeness (QED) is 0.326. The van der Waals surface area contributed by atoms with Gasteiger partial charge in [0.15, 0.2) is 0 Å². The van der Waals surface area contributed by atoms with Crippen LogP contribution in [0.3, 0.4) is 0 Å². The summed E-state index contributed by atoms with van der Waals surface area (Å²) in [5.41, 5.74) is 0. The van der Waals surface area contributed by atoms with Crippen molar-refractivity contribution >= 4 is 37.3 Å². The number of nitrogens with zero attached hydrogens (tertiary/aromatic N) is 8. The van der Waals surface area contributed by atoms with Gasteiger partial charge in [0.1, 0.15) is 0 Å². The van der Waals surface area contributed by atoms with Crippen molar-refractivity contribution < 1.29 is 0 Å². The Morgan fingerprint density at radius 2 is 0.774 bits per heavy atom. The molecule has 8 nitrogen and oxygen atoms in total. The number of rotatable bonds is 10. The van der Waals surface area contributed by atoms with Crippen LogP contribution < -0.4 is 0 Å². The molecule has 2 heterocycles. The van der Waals surface area contributed by atoms with E-state index in [0.29, 0.717) is 41.7 Å². The fraction of sp³-hybridized carbons (Fsp3) is 0.905. The molecule has 0 spiro atoms. The molecule has 0 saturated carbocycles. The molecule has 2 rings (SSSR count). The van der Waals surface area contributed by atoms with Gasteiger partial charge in [0.25, 0.3) is 0 Å². The predicted molar refractivity (Wildman–Crippen MR) is 131 cm³/mol. The molecule has 0 fully saturated rings. The van der Waals surface area contributed by atoms with Crippen LogP contribution in [0, 0.1) is 0 Å². The van der Waals surface area contributed by atoms with E-state index in [0.717, 1.165) is 0 Å². The van der Waals surface area contributed by atoms with Crippen LogP contribution in [-0.2, 0) is 6.42 Å². The zero-order chi connectivity index (χ0) is 23.7. The summed E-state index contributed by atoms with van der Waals surface area (Å²) >= 11 is -5.82. The van der Waals surface area contributed by atoms with Crippen LogP contribution in [0.1, 0.15) is 94.7 Å². The summed E-state index contributed by atoms with van der Waals surface area (Å²) in [7, 11) is 0. The van der Waals surface area contributed by atoms with Gasteiger partial charge in [-0.15, -0.1) is 0 Å². The van der Waals surface area contributed by atoms with Crippen molar-refractivity contribution in [1.82, 2.24) is 36.9 Å². The maximum absolute atomic E-state index is 4.91. The molecule has 0 saturated heterocycles. The number of tetrazole rings is 2. The Bertz CT molecular complexity index is 726. The van der Waals surface area contributed by atoms with Crippen LogP contribution in [-0.4, -0.2) is 74.2 Å². The van der Waals surface area contributed by atoms with Gasteiger partial charge in [-0.2, -0.15) is 0 Å². The molecule has 0 N–H and O–H groups in total. The summed E-state index contributed by atoms with van der Waals surface area (Å²) in [6.45, 7) is 28.0. The molecule has 2 aromatic heterocycles. The van der Waals surface area contributed by atoms with E-state index in [4.69, 9.17) is 10.2 Å². The molecule has 176 valence electrons. The van der Waals surface area contributed by atoms with Crippen molar-refractivity contribution in [2.24, 2.45) is 0 Å². The molecular formula is C21H44N8Sn2. The fourth-order valence-corrected chi connectivity index (χ4v) is 40.0. The van der Waals surface area contributed by atoms with Crippen LogP contribution in [0.2, 0.25) is 23.6 Å². The molecule has 0 unspecified atom stereocenters. The van der Waals surface area contributed by atoms with E-state index in [1.165, 1.54) is 0 Å². The number of hydrogen-bond donors (Lipinski definition) is 0. The van der Waals surface area contributed by atoms with Gasteiger partial charge in [-0.1, -0.05) is 0 Å². The van der Waals surface area contributed by atoms with Gasteiger partial charge in [-0.05, 0) is 0 Å². The third kappa shape index (κ3) is 4.70. The number of aromatic nitrogens is 8. The van der Waals surface area contributed by atoms with Gasteiger partial charge >= 0.3 is 199 Å². The van der Waals surface area contributed by atoms with E-state index in [-0.39, 0.29) is 0 Å². The van der Waals surface area contributed by atoms with E-state index >= 15 is 0 Å². The Morgan fingerprint density at radius 1 is 0.516 bits per heavy atom. The normalized spacial score (nSPS) is 13.7.